The van der Waals surface area contributed by atoms with Crippen molar-refractivity contribution in [1.29, 1.82) is 0 Å². The topological polar surface area (TPSA) is 30.7 Å². The predicted molar refractivity (Wildman–Crippen MR) is 56.0 cm³/mol. The molecule has 0 aliphatic heterocycles. The van der Waals surface area contributed by atoms with Crippen LogP contribution in [0.5, 0.6) is 0 Å². The Hall–Kier alpha value is -1.90. The van der Waals surface area contributed by atoms with Gasteiger partial charge in [-0.2, -0.15) is 0 Å². The van der Waals surface area contributed by atoms with Crippen molar-refractivity contribution in [3.8, 4) is 0 Å². The van der Waals surface area contributed by atoms with Gasteiger partial charge in [0.15, 0.2) is 0 Å². The van der Waals surface area contributed by atoms with E-state index in [0.29, 0.717) is 0 Å². The molecule has 2 aromatic heterocycles. The fraction of sp³-hybridized carbons (Fsp3) is 0.0909. The first-order chi connectivity index (χ1) is 6.86. The summed E-state index contributed by atoms with van der Waals surface area (Å²) in [6.07, 6.45) is 3.64. The highest BCUT2D eigenvalue weighted by Gasteiger charge is 2.04. The standard InChI is InChI=1S/C11H9N3/c1-14-7-13-10-6-12-9-5-3-2-4-8(9)11(10)14/h2-7H,1H3. The molecule has 0 spiro atoms. The fourth-order valence-corrected chi connectivity index (χ4v) is 1.79. The molecule has 0 fully saturated rings. The number of hydrogen-bond acceptors (Lipinski definition) is 2. The zero-order chi connectivity index (χ0) is 9.54. The highest BCUT2D eigenvalue weighted by atomic mass is 15.0. The number of benzene rings is 1. The molecule has 0 unspecified atom stereocenters. The first-order valence-electron chi connectivity index (χ1n) is 4.51. The van der Waals surface area contributed by atoms with E-state index in [1.807, 2.05) is 42.3 Å². The van der Waals surface area contributed by atoms with Gasteiger partial charge in [-0.25, -0.2) is 4.98 Å². The number of rotatable bonds is 0. The van der Waals surface area contributed by atoms with Gasteiger partial charge in [0.05, 0.1) is 23.6 Å². The van der Waals surface area contributed by atoms with Gasteiger partial charge in [-0.1, -0.05) is 18.2 Å². The van der Waals surface area contributed by atoms with Crippen molar-refractivity contribution in [2.45, 2.75) is 0 Å². The van der Waals surface area contributed by atoms with Gasteiger partial charge in [0.25, 0.3) is 0 Å². The molecule has 0 saturated heterocycles. The summed E-state index contributed by atoms with van der Waals surface area (Å²) >= 11 is 0. The third-order valence-corrected chi connectivity index (χ3v) is 2.45. The summed E-state index contributed by atoms with van der Waals surface area (Å²) in [7, 11) is 2.00. The maximum Gasteiger partial charge on any atom is 0.107 e. The van der Waals surface area contributed by atoms with Crippen LogP contribution in [0, 0.1) is 0 Å². The van der Waals surface area contributed by atoms with Gasteiger partial charge >= 0.3 is 0 Å². The lowest BCUT2D eigenvalue weighted by Crippen LogP contribution is -1.86. The van der Waals surface area contributed by atoms with Crippen molar-refractivity contribution in [2.24, 2.45) is 7.05 Å². The number of pyridine rings is 1. The van der Waals surface area contributed by atoms with Crippen molar-refractivity contribution in [2.75, 3.05) is 0 Å². The van der Waals surface area contributed by atoms with Gasteiger partial charge in [-0.15, -0.1) is 0 Å². The molecule has 0 saturated carbocycles. The molecular weight excluding hydrogens is 174 g/mol. The van der Waals surface area contributed by atoms with Crippen LogP contribution < -0.4 is 0 Å². The summed E-state index contributed by atoms with van der Waals surface area (Å²) in [5.74, 6) is 0. The molecule has 0 atom stereocenters. The van der Waals surface area contributed by atoms with Crippen molar-refractivity contribution >= 4 is 21.9 Å². The highest BCUT2D eigenvalue weighted by Crippen LogP contribution is 2.21. The fourth-order valence-electron chi connectivity index (χ4n) is 1.79. The number of aromatic nitrogens is 3. The maximum absolute atomic E-state index is 4.35. The Morgan fingerprint density at radius 3 is 2.86 bits per heavy atom. The number of hydrogen-bond donors (Lipinski definition) is 0. The largest absolute Gasteiger partial charge is 0.333 e. The van der Waals surface area contributed by atoms with Gasteiger partial charge < -0.3 is 4.57 Å². The van der Waals surface area contributed by atoms with E-state index in [9.17, 15) is 0 Å². The summed E-state index contributed by atoms with van der Waals surface area (Å²) in [4.78, 5) is 8.62. The molecule has 14 heavy (non-hydrogen) atoms. The van der Waals surface area contributed by atoms with E-state index in [4.69, 9.17) is 0 Å². The molecular formula is C11H9N3. The van der Waals surface area contributed by atoms with Crippen molar-refractivity contribution in [1.82, 2.24) is 14.5 Å². The number of aryl methyl sites for hydroxylation is 1. The van der Waals surface area contributed by atoms with Crippen LogP contribution in [0.4, 0.5) is 0 Å². The van der Waals surface area contributed by atoms with E-state index in [-0.39, 0.29) is 0 Å². The van der Waals surface area contributed by atoms with Gasteiger partial charge in [-0.3, -0.25) is 4.98 Å². The van der Waals surface area contributed by atoms with E-state index in [1.54, 1.807) is 0 Å². The predicted octanol–water partition coefficient (Wildman–Crippen LogP) is 2.12. The molecule has 0 aliphatic rings. The Balaban J connectivity index is 2.65. The zero-order valence-corrected chi connectivity index (χ0v) is 7.81. The number of imidazole rings is 1. The van der Waals surface area contributed by atoms with E-state index in [1.165, 1.54) is 0 Å². The van der Waals surface area contributed by atoms with E-state index in [2.05, 4.69) is 16.0 Å². The van der Waals surface area contributed by atoms with Crippen LogP contribution in [-0.2, 0) is 7.05 Å². The Kier molecular flexibility index (Phi) is 1.36. The molecule has 0 N–H and O–H groups in total. The molecule has 0 radical (unpaired) electrons. The summed E-state index contributed by atoms with van der Waals surface area (Å²) in [6, 6.07) is 8.11. The minimum Gasteiger partial charge on any atom is -0.333 e. The van der Waals surface area contributed by atoms with Gasteiger partial charge in [0.1, 0.15) is 5.52 Å². The molecule has 0 amide bonds. The highest BCUT2D eigenvalue weighted by molar-refractivity contribution is 6.01. The lowest BCUT2D eigenvalue weighted by Gasteiger charge is -1.99. The van der Waals surface area contributed by atoms with Crippen LogP contribution >= 0.6 is 0 Å². The van der Waals surface area contributed by atoms with Crippen LogP contribution in [0.15, 0.2) is 36.8 Å². The van der Waals surface area contributed by atoms with Crippen LogP contribution in [0.2, 0.25) is 0 Å². The Bertz CT molecular complexity index is 610. The van der Waals surface area contributed by atoms with Crippen LogP contribution in [-0.4, -0.2) is 14.5 Å². The molecule has 0 bridgehead atoms. The normalized spacial score (nSPS) is 11.2. The van der Waals surface area contributed by atoms with E-state index < -0.39 is 0 Å². The van der Waals surface area contributed by atoms with Crippen molar-refractivity contribution < 1.29 is 0 Å². The Morgan fingerprint density at radius 1 is 1.07 bits per heavy atom. The number of nitrogens with zero attached hydrogens (tertiary/aromatic N) is 3. The quantitative estimate of drug-likeness (QED) is 0.534. The van der Waals surface area contributed by atoms with Crippen molar-refractivity contribution in [3.05, 3.63) is 36.8 Å². The average Bonchev–Trinajstić information content (AvgIpc) is 2.61. The summed E-state index contributed by atoms with van der Waals surface area (Å²) in [5, 5.41) is 1.16. The first kappa shape index (κ1) is 7.50. The third-order valence-electron chi connectivity index (χ3n) is 2.45. The maximum atomic E-state index is 4.35. The smallest absolute Gasteiger partial charge is 0.107 e. The summed E-state index contributed by atoms with van der Waals surface area (Å²) in [6.45, 7) is 0. The molecule has 2 heterocycles. The van der Waals surface area contributed by atoms with Crippen LogP contribution in [0.1, 0.15) is 0 Å². The average molecular weight is 183 g/mol. The second-order valence-corrected chi connectivity index (χ2v) is 3.36. The summed E-state index contributed by atoms with van der Waals surface area (Å²) in [5.41, 5.74) is 3.12. The lowest BCUT2D eigenvalue weighted by molar-refractivity contribution is 0.951. The van der Waals surface area contributed by atoms with Gasteiger partial charge in [0, 0.05) is 12.4 Å². The molecule has 3 rings (SSSR count). The number of fused-ring (bicyclic) bond motifs is 3. The summed E-state index contributed by atoms with van der Waals surface area (Å²) < 4.78 is 2.03. The molecule has 68 valence electrons. The molecule has 1 aromatic carbocycles. The number of para-hydroxylation sites is 1. The molecule has 3 heteroatoms. The SMILES string of the molecule is Cn1cnc2cnc3ccccc3c21. The lowest BCUT2D eigenvalue weighted by atomic mass is 10.2. The van der Waals surface area contributed by atoms with Crippen LogP contribution in [0.3, 0.4) is 0 Å². The van der Waals surface area contributed by atoms with Gasteiger partial charge in [0.2, 0.25) is 0 Å². The zero-order valence-electron chi connectivity index (χ0n) is 7.81. The molecule has 0 aliphatic carbocycles. The second kappa shape index (κ2) is 2.54. The molecule has 3 nitrogen and oxygen atoms in total. The Morgan fingerprint density at radius 2 is 1.93 bits per heavy atom. The first-order valence-corrected chi connectivity index (χ1v) is 4.51. The molecule has 3 aromatic rings. The van der Waals surface area contributed by atoms with E-state index >= 15 is 0 Å². The van der Waals surface area contributed by atoms with Crippen molar-refractivity contribution in [3.63, 3.8) is 0 Å². The van der Waals surface area contributed by atoms with E-state index in [0.717, 1.165) is 21.9 Å². The third kappa shape index (κ3) is 0.865. The minimum absolute atomic E-state index is 0.950. The van der Waals surface area contributed by atoms with Crippen LogP contribution in [0.25, 0.3) is 21.9 Å². The minimum atomic E-state index is 0.950. The van der Waals surface area contributed by atoms with Gasteiger partial charge in [-0.05, 0) is 6.07 Å². The monoisotopic (exact) mass is 183 g/mol. The second-order valence-electron chi connectivity index (χ2n) is 3.36. The Labute approximate surface area is 81.0 Å².